The van der Waals surface area contributed by atoms with Crippen molar-refractivity contribution in [1.82, 2.24) is 0 Å². The normalized spacial score (nSPS) is 14.9. The molecule has 21 aromatic rings. The van der Waals surface area contributed by atoms with Gasteiger partial charge in [-0.2, -0.15) is 0 Å². The second-order valence-corrected chi connectivity index (χ2v) is 45.3. The third kappa shape index (κ3) is 14.1. The Hall–Kier alpha value is -16.8. The van der Waals surface area contributed by atoms with Gasteiger partial charge in [-0.15, -0.1) is 0 Å². The lowest BCUT2D eigenvalue weighted by molar-refractivity contribution is 0.307. The van der Waals surface area contributed by atoms with Crippen LogP contribution in [-0.4, -0.2) is 0 Å². The average molecular weight is 1930 g/mol. The van der Waals surface area contributed by atoms with E-state index in [1.54, 1.807) is 0 Å². The molecule has 6 nitrogen and oxygen atoms in total. The van der Waals surface area contributed by atoms with Crippen LogP contribution in [0.3, 0.4) is 0 Å². The molecule has 0 fully saturated rings. The fourth-order valence-corrected chi connectivity index (χ4v) is 26.9. The van der Waals surface area contributed by atoms with Crippen molar-refractivity contribution < 1.29 is 14.2 Å². The summed E-state index contributed by atoms with van der Waals surface area (Å²) in [6.07, 6.45) is 0. The Labute approximate surface area is 874 Å². The van der Waals surface area contributed by atoms with E-state index in [1.807, 2.05) is 0 Å². The predicted octanol–water partition coefficient (Wildman–Crippen LogP) is 37.5. The summed E-state index contributed by atoms with van der Waals surface area (Å²) in [7, 11) is 0. The topological polar surface area (TPSA) is 37.4 Å². The Morgan fingerprint density at radius 3 is 0.550 bits per heavy atom. The zero-order valence-corrected chi connectivity index (χ0v) is 86.8. The quantitative estimate of drug-likeness (QED) is 0.0668. The van der Waals surface area contributed by atoms with Crippen LogP contribution in [0.15, 0.2) is 437 Å². The maximum Gasteiger partial charge on any atom is 0.119 e. The zero-order chi connectivity index (χ0) is 101. The summed E-state index contributed by atoms with van der Waals surface area (Å²) in [4.78, 5) is 7.51. The first-order chi connectivity index (χ1) is 72.3. The van der Waals surface area contributed by atoms with Gasteiger partial charge in [0.1, 0.15) is 37.1 Å². The summed E-state index contributed by atoms with van der Waals surface area (Å²) in [6, 6.07) is 163. The smallest absolute Gasteiger partial charge is 0.119 e. The molecule has 6 heteroatoms. The summed E-state index contributed by atoms with van der Waals surface area (Å²) >= 11 is 0. The maximum absolute atomic E-state index is 7.06. The molecule has 0 saturated heterocycles. The fourth-order valence-electron chi connectivity index (χ4n) is 26.9. The van der Waals surface area contributed by atoms with E-state index in [4.69, 9.17) is 14.2 Å². The van der Waals surface area contributed by atoms with Crippen LogP contribution in [-0.2, 0) is 57.7 Å². The predicted molar refractivity (Wildman–Crippen MR) is 619 cm³/mol. The van der Waals surface area contributed by atoms with Crippen LogP contribution in [0, 0.1) is 0 Å². The molecule has 0 amide bonds. The maximum atomic E-state index is 7.06. The van der Waals surface area contributed by atoms with Gasteiger partial charge in [0, 0.05) is 88.2 Å². The Morgan fingerprint density at radius 1 is 0.174 bits per heavy atom. The molecule has 21 aromatic carbocycles. The van der Waals surface area contributed by atoms with Gasteiger partial charge < -0.3 is 28.9 Å². The highest BCUT2D eigenvalue weighted by Crippen LogP contribution is 2.61. The van der Waals surface area contributed by atoms with Crippen LogP contribution in [0.25, 0.3) is 99.1 Å². The van der Waals surface area contributed by atoms with Crippen molar-refractivity contribution in [2.75, 3.05) is 14.7 Å². The van der Waals surface area contributed by atoms with Crippen molar-refractivity contribution in [3.8, 4) is 84.0 Å². The van der Waals surface area contributed by atoms with Gasteiger partial charge >= 0.3 is 0 Å². The van der Waals surface area contributed by atoms with Crippen molar-refractivity contribution >= 4 is 83.5 Å². The second kappa shape index (κ2) is 33.9. The van der Waals surface area contributed by atoms with Crippen molar-refractivity contribution in [1.29, 1.82) is 0 Å². The van der Waals surface area contributed by atoms with Crippen LogP contribution in [0.1, 0.15) is 190 Å². The highest BCUT2D eigenvalue weighted by Gasteiger charge is 2.45. The molecule has 27 rings (SSSR count). The summed E-state index contributed by atoms with van der Waals surface area (Å²) < 4.78 is 21.2. The van der Waals surface area contributed by atoms with Gasteiger partial charge in [0.2, 0.25) is 0 Å². The van der Waals surface area contributed by atoms with E-state index in [9.17, 15) is 0 Å². The van der Waals surface area contributed by atoms with Crippen molar-refractivity contribution in [2.45, 2.75) is 148 Å². The Balaban J connectivity index is 0.515. The van der Waals surface area contributed by atoms with Crippen molar-refractivity contribution in [3.63, 3.8) is 0 Å². The molecule has 0 aliphatic heterocycles. The van der Waals surface area contributed by atoms with E-state index in [1.165, 1.54) is 134 Å². The largest absolute Gasteiger partial charge is 0.489 e. The number of benzene rings is 21. The molecule has 0 atom stereocenters. The number of hydrogen-bond donors (Lipinski definition) is 0. The lowest BCUT2D eigenvalue weighted by Crippen LogP contribution is -2.25. The fraction of sp³-hybridized carbons (Fsp3) is 0.161. The molecule has 6 aliphatic rings. The lowest BCUT2D eigenvalue weighted by atomic mass is 9.71. The Kier molecular flexibility index (Phi) is 20.7. The highest BCUT2D eigenvalue weighted by atomic mass is 16.5. The monoisotopic (exact) mass is 1920 g/mol. The van der Waals surface area contributed by atoms with Crippen LogP contribution in [0.4, 0.5) is 51.2 Å². The zero-order valence-electron chi connectivity index (χ0n) is 86.8. The molecule has 0 unspecified atom stereocenters. The molecule has 0 N–H and O–H groups in total. The van der Waals surface area contributed by atoms with Crippen LogP contribution in [0.2, 0.25) is 0 Å². The number of rotatable bonds is 21. The standard InChI is InChI=1S/C143H117N3O3/c1-137(2)122-44-26-20-35-107(122)113-71-59-95(80-128(113)137)144(96-60-72-114-108-36-21-27-45-123(108)138(3,4)129(114)81-96)134-77-50-89(104-32-14-17-41-119(104)134)86-147-101-65-53-92(54-66-101)143(13,93-55-67-102(68-56-93)148-87-90-51-78-135(120-42-18-15-33-105(90)120)145(97-61-73-115-109-37-22-28-46-124(109)139(5,6)130(115)82-97)98-62-74-116-110-38-23-29-47-125(110)140(7,8)131(116)83-98)94-57-69-103(70-58-94)149-88-91-52-79-136(121-43-19-16-34-106(91)121)146(99-63-75-117-111-39-24-30-48-126(111)141(9,10)132(117)84-99)100-64-76-118-112-40-25-31-49-127(112)142(11,12)133(118)85-100/h14-85H,86-88H2,1-13H3. The summed E-state index contributed by atoms with van der Waals surface area (Å²) in [5.74, 6) is 2.33. The first-order valence-electron chi connectivity index (χ1n) is 52.9. The number of ether oxygens (including phenoxy) is 3. The Morgan fingerprint density at radius 2 is 0.349 bits per heavy atom. The summed E-state index contributed by atoms with van der Waals surface area (Å²) in [5.41, 5.74) is 46.5. The average Bonchev–Trinajstić information content (AvgIpc) is 1.59. The van der Waals surface area contributed by atoms with Crippen molar-refractivity contribution in [3.05, 3.63) is 537 Å². The van der Waals surface area contributed by atoms with Crippen LogP contribution in [0.5, 0.6) is 17.2 Å². The van der Waals surface area contributed by atoms with Gasteiger partial charge in [0.05, 0.1) is 17.1 Å². The minimum absolute atomic E-state index is 0.194. The molecule has 0 radical (unpaired) electrons. The minimum Gasteiger partial charge on any atom is -0.489 e. The van der Waals surface area contributed by atoms with E-state index < -0.39 is 5.41 Å². The molecule has 0 heterocycles. The molecule has 6 aliphatic carbocycles. The van der Waals surface area contributed by atoms with Gasteiger partial charge in [-0.3, -0.25) is 0 Å². The summed E-state index contributed by atoms with van der Waals surface area (Å²) in [6.45, 7) is 31.9. The molecule has 149 heavy (non-hydrogen) atoms. The Bertz CT molecular complexity index is 7970. The van der Waals surface area contributed by atoms with Crippen molar-refractivity contribution in [2.24, 2.45) is 0 Å². The van der Waals surface area contributed by atoms with E-state index in [-0.39, 0.29) is 32.5 Å². The first kappa shape index (κ1) is 90.9. The summed E-state index contributed by atoms with van der Waals surface area (Å²) in [5, 5.41) is 6.84. The van der Waals surface area contributed by atoms with Gasteiger partial charge in [-0.05, 0) is 317 Å². The number of fused-ring (bicyclic) bond motifs is 21. The molecule has 0 spiro atoms. The number of nitrogens with zero attached hydrogens (tertiary/aromatic N) is 3. The molecule has 0 saturated carbocycles. The third-order valence-electron chi connectivity index (χ3n) is 35.1. The first-order valence-corrected chi connectivity index (χ1v) is 52.9. The van der Waals surface area contributed by atoms with E-state index >= 15 is 0 Å². The minimum atomic E-state index is -0.686. The van der Waals surface area contributed by atoms with Gasteiger partial charge in [-0.1, -0.05) is 392 Å². The van der Waals surface area contributed by atoms with E-state index in [0.717, 1.165) is 134 Å². The molecular formula is C143H117N3O3. The van der Waals surface area contributed by atoms with Gasteiger partial charge in [0.15, 0.2) is 0 Å². The van der Waals surface area contributed by atoms with E-state index in [2.05, 4.69) is 541 Å². The third-order valence-corrected chi connectivity index (χ3v) is 35.1. The lowest BCUT2D eigenvalue weighted by Gasteiger charge is -2.32. The second-order valence-electron chi connectivity index (χ2n) is 45.3. The molecule has 0 aromatic heterocycles. The number of hydrogen-bond acceptors (Lipinski definition) is 6. The van der Waals surface area contributed by atoms with Gasteiger partial charge in [0.25, 0.3) is 0 Å². The molecule has 0 bridgehead atoms. The van der Waals surface area contributed by atoms with E-state index in [0.29, 0.717) is 19.8 Å². The van der Waals surface area contributed by atoms with Crippen LogP contribution < -0.4 is 28.9 Å². The molecule has 722 valence electrons. The molecular weight excluding hydrogens is 1810 g/mol. The number of anilines is 9. The highest BCUT2D eigenvalue weighted by molar-refractivity contribution is 6.06. The van der Waals surface area contributed by atoms with Gasteiger partial charge in [-0.25, -0.2) is 0 Å². The SMILES string of the molecule is CC1(C)c2ccccc2-c2ccc(N(c3ccc4c(c3)C(C)(C)c3ccccc3-4)c3ccc(COc4ccc(C(C)(c5ccc(OCc6ccc(N(c7ccc8c(c7)C(C)(C)c7ccccc7-8)c7ccc8c(c7)C(C)(C)c7ccccc7-8)c7ccccc67)cc5)c5ccc(OCc6ccc(N(c7ccc8c(c7)C(C)(C)c7ccccc7-8)c7ccc8c(c7)C(C)(C)c7ccccc7-8)c7ccccc67)cc5)cc4)c4ccccc34)cc21. The van der Waals surface area contributed by atoms with Crippen LogP contribution >= 0.6 is 0 Å².